The van der Waals surface area contributed by atoms with E-state index in [2.05, 4.69) is 6.92 Å². The first-order valence-corrected chi connectivity index (χ1v) is 9.09. The van der Waals surface area contributed by atoms with Gasteiger partial charge in [-0.1, -0.05) is 32.9 Å². The number of nitrogens with zero attached hydrogens (tertiary/aromatic N) is 2. The second kappa shape index (κ2) is 8.45. The molecule has 0 aliphatic carbocycles. The molecule has 0 spiro atoms. The van der Waals surface area contributed by atoms with Gasteiger partial charge in [0.2, 0.25) is 0 Å². The highest BCUT2D eigenvalue weighted by Crippen LogP contribution is 2.30. The molecular weight excluding hydrogens is 320 g/mol. The van der Waals surface area contributed by atoms with Gasteiger partial charge < -0.3 is 19.3 Å². The van der Waals surface area contributed by atoms with Crippen LogP contribution in [0, 0.1) is 0 Å². The van der Waals surface area contributed by atoms with E-state index >= 15 is 0 Å². The summed E-state index contributed by atoms with van der Waals surface area (Å²) < 4.78 is 3.12. The molecule has 2 aromatic rings. The van der Waals surface area contributed by atoms with Gasteiger partial charge in [-0.2, -0.15) is 0 Å². The molecule has 6 heteroatoms. The Hall–Kier alpha value is -1.92. The van der Waals surface area contributed by atoms with Crippen molar-refractivity contribution in [1.82, 2.24) is 9.13 Å². The number of benzene rings is 1. The van der Waals surface area contributed by atoms with Crippen LogP contribution >= 0.6 is 0 Å². The Morgan fingerprint density at radius 1 is 1.24 bits per heavy atom. The molecule has 1 aromatic heterocycles. The van der Waals surface area contributed by atoms with Gasteiger partial charge in [0.25, 0.3) is 0 Å². The Morgan fingerprint density at radius 3 is 2.64 bits per heavy atom. The van der Waals surface area contributed by atoms with Gasteiger partial charge >= 0.3 is 11.1 Å². The minimum absolute atomic E-state index is 0.293. The van der Waals surface area contributed by atoms with Crippen molar-refractivity contribution in [1.29, 1.82) is 0 Å². The fourth-order valence-electron chi connectivity index (χ4n) is 3.39. The van der Waals surface area contributed by atoms with E-state index in [1.807, 2.05) is 32.0 Å². The molecule has 1 aliphatic rings. The second-order valence-electron chi connectivity index (χ2n) is 6.30. The van der Waals surface area contributed by atoms with E-state index in [-0.39, 0.29) is 6.61 Å². The van der Waals surface area contributed by atoms with Crippen LogP contribution in [0.3, 0.4) is 0 Å². The largest absolute Gasteiger partial charge is 0.394 e. The van der Waals surface area contributed by atoms with Crippen LogP contribution in [0.2, 0.25) is 0 Å². The van der Waals surface area contributed by atoms with E-state index in [0.29, 0.717) is 31.8 Å². The topological polar surface area (TPSA) is 84.5 Å². The van der Waals surface area contributed by atoms with Crippen LogP contribution in [0.4, 0.5) is 0 Å². The Morgan fingerprint density at radius 2 is 1.96 bits per heavy atom. The molecule has 0 saturated heterocycles. The highest BCUT2D eigenvalue weighted by Gasteiger charge is 2.22. The molecule has 1 aromatic carbocycles. The Kier molecular flexibility index (Phi) is 6.56. The fourth-order valence-corrected chi connectivity index (χ4v) is 3.39. The number of hydrogen-bond acceptors (Lipinski definition) is 4. The Bertz CT molecular complexity index is 838. The number of aromatic nitrogens is 2. The minimum Gasteiger partial charge on any atom is -0.394 e. The van der Waals surface area contributed by atoms with Crippen LogP contribution in [-0.2, 0) is 13.1 Å². The molecule has 1 aliphatic heterocycles. The molecule has 2 unspecified atom stereocenters. The summed E-state index contributed by atoms with van der Waals surface area (Å²) in [5.41, 5.74) is 1.76. The first-order chi connectivity index (χ1) is 12.0. The lowest BCUT2D eigenvalue weighted by Crippen LogP contribution is -2.43. The zero-order valence-corrected chi connectivity index (χ0v) is 15.2. The average molecular weight is 348 g/mol. The van der Waals surface area contributed by atoms with Crippen LogP contribution < -0.4 is 11.1 Å². The third-order valence-corrected chi connectivity index (χ3v) is 4.73. The maximum Gasteiger partial charge on any atom is 0.316 e. The number of aliphatic hydroxyl groups excluding tert-OH is 2. The van der Waals surface area contributed by atoms with Gasteiger partial charge in [-0.05, 0) is 36.8 Å². The van der Waals surface area contributed by atoms with Crippen molar-refractivity contribution >= 4 is 11.0 Å². The van der Waals surface area contributed by atoms with Crippen molar-refractivity contribution in [2.45, 2.75) is 65.1 Å². The van der Waals surface area contributed by atoms with Gasteiger partial charge in [-0.15, -0.1) is 0 Å². The van der Waals surface area contributed by atoms with Gasteiger partial charge in [0.15, 0.2) is 0 Å². The highest BCUT2D eigenvalue weighted by molar-refractivity contribution is 5.80. The molecule has 2 N–H and O–H groups in total. The van der Waals surface area contributed by atoms with Gasteiger partial charge in [-0.25, -0.2) is 0 Å². The summed E-state index contributed by atoms with van der Waals surface area (Å²) in [4.78, 5) is 24.9. The van der Waals surface area contributed by atoms with Crippen molar-refractivity contribution in [2.75, 3.05) is 6.61 Å². The summed E-state index contributed by atoms with van der Waals surface area (Å²) in [6.07, 6.45) is 0.994. The van der Waals surface area contributed by atoms with E-state index in [4.69, 9.17) is 5.11 Å². The molecule has 2 atom stereocenters. The number of para-hydroxylation sites is 1. The van der Waals surface area contributed by atoms with Gasteiger partial charge in [-0.3, -0.25) is 9.59 Å². The maximum atomic E-state index is 12.4. The molecule has 0 amide bonds. The average Bonchev–Trinajstić information content (AvgIpc) is 2.65. The summed E-state index contributed by atoms with van der Waals surface area (Å²) in [5, 5.41) is 18.3. The van der Waals surface area contributed by atoms with Crippen molar-refractivity contribution < 1.29 is 10.2 Å². The first-order valence-electron chi connectivity index (χ1n) is 9.09. The molecule has 25 heavy (non-hydrogen) atoms. The first kappa shape index (κ1) is 19.4. The molecule has 3 rings (SSSR count). The number of hydrogen-bond donors (Lipinski definition) is 2. The predicted molar refractivity (Wildman–Crippen MR) is 99.2 cm³/mol. The van der Waals surface area contributed by atoms with Crippen molar-refractivity contribution in [3.8, 4) is 0 Å². The standard InChI is InChI=1S/C17H22N2O4.C2H6/c1-11-7-9-19-15-13(11)5-2-6-14(15)18(16(22)17(19)23)8-3-4-12(21)10-20;1-2/h2,5-6,11-12,20-21H,3-4,7-10H2,1H3;1-2H3. The SMILES string of the molecule is CC.CC1CCn2c(=O)c(=O)n(CCCC(O)CO)c3cccc1c32. The van der Waals surface area contributed by atoms with Crippen molar-refractivity contribution in [2.24, 2.45) is 0 Å². The smallest absolute Gasteiger partial charge is 0.316 e. The summed E-state index contributed by atoms with van der Waals surface area (Å²) in [7, 11) is 0. The molecule has 0 bridgehead atoms. The third-order valence-electron chi connectivity index (χ3n) is 4.73. The van der Waals surface area contributed by atoms with Crippen LogP contribution in [0.1, 0.15) is 51.5 Å². The lowest BCUT2D eigenvalue weighted by Gasteiger charge is -2.25. The summed E-state index contributed by atoms with van der Waals surface area (Å²) >= 11 is 0. The van der Waals surface area contributed by atoms with Crippen LogP contribution in [0.5, 0.6) is 0 Å². The number of aliphatic hydroxyl groups is 2. The molecule has 6 nitrogen and oxygen atoms in total. The highest BCUT2D eigenvalue weighted by atomic mass is 16.3. The monoisotopic (exact) mass is 348 g/mol. The molecule has 0 radical (unpaired) electrons. The summed E-state index contributed by atoms with van der Waals surface area (Å²) in [6, 6.07) is 5.82. The van der Waals surface area contributed by atoms with Crippen LogP contribution in [0.25, 0.3) is 11.0 Å². The summed E-state index contributed by atoms with van der Waals surface area (Å²) in [6.45, 7) is 6.78. The van der Waals surface area contributed by atoms with E-state index in [1.165, 1.54) is 4.57 Å². The Balaban J connectivity index is 0.00000109. The summed E-state index contributed by atoms with van der Waals surface area (Å²) in [5.74, 6) is 0.361. The second-order valence-corrected chi connectivity index (χ2v) is 6.30. The van der Waals surface area contributed by atoms with Gasteiger partial charge in [0.1, 0.15) is 0 Å². The predicted octanol–water partition coefficient (Wildman–Crippen LogP) is 1.83. The van der Waals surface area contributed by atoms with Gasteiger partial charge in [0.05, 0.1) is 23.7 Å². The quantitative estimate of drug-likeness (QED) is 0.808. The molecular formula is C19H28N2O4. The zero-order chi connectivity index (χ0) is 18.6. The van der Waals surface area contributed by atoms with E-state index < -0.39 is 17.2 Å². The molecule has 2 heterocycles. The third kappa shape index (κ3) is 3.70. The van der Waals surface area contributed by atoms with Crippen molar-refractivity contribution in [3.05, 3.63) is 44.5 Å². The lowest BCUT2D eigenvalue weighted by atomic mass is 9.93. The Labute approximate surface area is 147 Å². The molecule has 138 valence electrons. The zero-order valence-electron chi connectivity index (χ0n) is 15.2. The maximum absolute atomic E-state index is 12.4. The van der Waals surface area contributed by atoms with E-state index in [0.717, 1.165) is 23.0 Å². The van der Waals surface area contributed by atoms with Crippen LogP contribution in [-0.4, -0.2) is 32.1 Å². The van der Waals surface area contributed by atoms with Crippen LogP contribution in [0.15, 0.2) is 27.8 Å². The number of rotatable bonds is 5. The molecule has 0 fully saturated rings. The normalized spacial score (nSPS) is 17.1. The fraction of sp³-hybridized carbons (Fsp3) is 0.579. The van der Waals surface area contributed by atoms with Crippen molar-refractivity contribution in [3.63, 3.8) is 0 Å². The van der Waals surface area contributed by atoms with E-state index in [9.17, 15) is 14.7 Å². The van der Waals surface area contributed by atoms with E-state index in [1.54, 1.807) is 4.57 Å². The minimum atomic E-state index is -0.785. The van der Waals surface area contributed by atoms with Gasteiger partial charge in [0, 0.05) is 13.1 Å². The lowest BCUT2D eigenvalue weighted by molar-refractivity contribution is 0.0856. The number of aryl methyl sites for hydroxylation is 2. The molecule has 0 saturated carbocycles.